The minimum atomic E-state index is 0.706. The Morgan fingerprint density at radius 1 is 1.47 bits per heavy atom. The lowest BCUT2D eigenvalue weighted by Gasteiger charge is -2.10. The van der Waals surface area contributed by atoms with Gasteiger partial charge in [0, 0.05) is 25.0 Å². The fourth-order valence-electron chi connectivity index (χ4n) is 1.80. The average Bonchev–Trinajstić information content (AvgIpc) is 2.61. The number of rotatable bonds is 7. The zero-order valence-corrected chi connectivity index (χ0v) is 11.7. The van der Waals surface area contributed by atoms with Gasteiger partial charge in [0.25, 0.3) is 0 Å². The van der Waals surface area contributed by atoms with Crippen molar-refractivity contribution in [3.8, 4) is 0 Å². The van der Waals surface area contributed by atoms with Crippen molar-refractivity contribution in [3.05, 3.63) is 35.7 Å². The monoisotopic (exact) mass is 234 g/mol. The van der Waals surface area contributed by atoms with Gasteiger partial charge < -0.3 is 9.88 Å². The Hall–Kier alpha value is -1.02. The van der Waals surface area contributed by atoms with E-state index in [4.69, 9.17) is 0 Å². The van der Waals surface area contributed by atoms with Crippen molar-refractivity contribution in [1.29, 1.82) is 0 Å². The van der Waals surface area contributed by atoms with Crippen molar-refractivity contribution in [2.75, 3.05) is 6.54 Å². The molecule has 1 rings (SSSR count). The molecule has 1 aromatic rings. The minimum Gasteiger partial charge on any atom is -0.347 e. The summed E-state index contributed by atoms with van der Waals surface area (Å²) in [6.45, 7) is 15.9. The zero-order valence-electron chi connectivity index (χ0n) is 11.7. The highest BCUT2D eigenvalue weighted by Crippen LogP contribution is 2.12. The molecule has 0 spiro atoms. The van der Waals surface area contributed by atoms with Gasteiger partial charge >= 0.3 is 0 Å². The van der Waals surface area contributed by atoms with Crippen LogP contribution in [0.15, 0.2) is 24.4 Å². The fraction of sp³-hybridized carbons (Fsp3) is 0.600. The first-order chi connectivity index (χ1) is 8.04. The van der Waals surface area contributed by atoms with Gasteiger partial charge in [-0.15, -0.1) is 0 Å². The van der Waals surface area contributed by atoms with Crippen LogP contribution in [0.2, 0.25) is 0 Å². The SMILES string of the molecule is C=C(CC)Cn1ccc(CNCC(C)C)c1C. The maximum absolute atomic E-state index is 4.07. The Labute approximate surface area is 106 Å². The highest BCUT2D eigenvalue weighted by atomic mass is 15.0. The van der Waals surface area contributed by atoms with Gasteiger partial charge in [0.1, 0.15) is 0 Å². The van der Waals surface area contributed by atoms with Gasteiger partial charge in [0.2, 0.25) is 0 Å². The van der Waals surface area contributed by atoms with Crippen molar-refractivity contribution >= 4 is 0 Å². The third-order valence-electron chi connectivity index (χ3n) is 3.11. The lowest BCUT2D eigenvalue weighted by atomic mass is 10.2. The molecule has 0 aliphatic rings. The second kappa shape index (κ2) is 6.65. The van der Waals surface area contributed by atoms with Crippen LogP contribution in [-0.4, -0.2) is 11.1 Å². The molecule has 17 heavy (non-hydrogen) atoms. The van der Waals surface area contributed by atoms with E-state index in [0.29, 0.717) is 5.92 Å². The molecule has 0 aliphatic heterocycles. The summed E-state index contributed by atoms with van der Waals surface area (Å²) < 4.78 is 2.29. The van der Waals surface area contributed by atoms with E-state index in [-0.39, 0.29) is 0 Å². The molecule has 0 saturated heterocycles. The fourth-order valence-corrected chi connectivity index (χ4v) is 1.80. The molecule has 0 aromatic carbocycles. The first kappa shape index (κ1) is 14.0. The van der Waals surface area contributed by atoms with Crippen LogP contribution >= 0.6 is 0 Å². The van der Waals surface area contributed by atoms with E-state index in [2.05, 4.69) is 56.4 Å². The van der Waals surface area contributed by atoms with E-state index < -0.39 is 0 Å². The molecule has 1 N–H and O–H groups in total. The summed E-state index contributed by atoms with van der Waals surface area (Å²) in [7, 11) is 0. The van der Waals surface area contributed by atoms with Crippen LogP contribution in [0.25, 0.3) is 0 Å². The molecule has 0 bridgehead atoms. The molecule has 0 radical (unpaired) electrons. The van der Waals surface area contributed by atoms with E-state index in [1.54, 1.807) is 0 Å². The number of aromatic nitrogens is 1. The molecular formula is C15H26N2. The van der Waals surface area contributed by atoms with Gasteiger partial charge in [0.05, 0.1) is 0 Å². The van der Waals surface area contributed by atoms with Crippen molar-refractivity contribution in [3.63, 3.8) is 0 Å². The van der Waals surface area contributed by atoms with E-state index in [1.165, 1.54) is 16.8 Å². The van der Waals surface area contributed by atoms with Crippen LogP contribution < -0.4 is 5.32 Å². The summed E-state index contributed by atoms with van der Waals surface area (Å²) in [6.07, 6.45) is 3.22. The molecule has 0 fully saturated rings. The van der Waals surface area contributed by atoms with Crippen LogP contribution in [0.3, 0.4) is 0 Å². The molecule has 96 valence electrons. The van der Waals surface area contributed by atoms with Gasteiger partial charge in [-0.2, -0.15) is 0 Å². The number of nitrogens with zero attached hydrogens (tertiary/aromatic N) is 1. The molecule has 2 nitrogen and oxygen atoms in total. The van der Waals surface area contributed by atoms with Gasteiger partial charge in [-0.1, -0.05) is 32.9 Å². The second-order valence-electron chi connectivity index (χ2n) is 5.18. The van der Waals surface area contributed by atoms with Crippen LogP contribution in [0.4, 0.5) is 0 Å². The molecule has 0 aliphatic carbocycles. The second-order valence-corrected chi connectivity index (χ2v) is 5.18. The van der Waals surface area contributed by atoms with E-state index in [9.17, 15) is 0 Å². The number of nitrogens with one attached hydrogen (secondary N) is 1. The summed E-state index contributed by atoms with van der Waals surface area (Å²) in [5, 5.41) is 3.49. The maximum atomic E-state index is 4.07. The highest BCUT2D eigenvalue weighted by molar-refractivity contribution is 5.22. The Morgan fingerprint density at radius 3 is 2.76 bits per heavy atom. The third kappa shape index (κ3) is 4.39. The summed E-state index contributed by atoms with van der Waals surface area (Å²) in [5.41, 5.74) is 4.04. The van der Waals surface area contributed by atoms with Crippen LogP contribution in [0, 0.1) is 12.8 Å². The normalized spacial score (nSPS) is 11.1. The molecule has 0 atom stereocenters. The Balaban J connectivity index is 2.54. The Kier molecular flexibility index (Phi) is 5.49. The average molecular weight is 234 g/mol. The molecular weight excluding hydrogens is 208 g/mol. The molecule has 1 aromatic heterocycles. The van der Waals surface area contributed by atoms with Crippen LogP contribution in [-0.2, 0) is 13.1 Å². The van der Waals surface area contributed by atoms with Gasteiger partial charge in [-0.3, -0.25) is 0 Å². The molecule has 0 amide bonds. The van der Waals surface area contributed by atoms with E-state index in [1.807, 2.05) is 0 Å². The summed E-state index contributed by atoms with van der Waals surface area (Å²) >= 11 is 0. The first-order valence-corrected chi connectivity index (χ1v) is 6.56. The molecule has 1 heterocycles. The molecule has 0 saturated carbocycles. The minimum absolute atomic E-state index is 0.706. The van der Waals surface area contributed by atoms with Crippen molar-refractivity contribution in [2.45, 2.75) is 47.2 Å². The van der Waals surface area contributed by atoms with Crippen molar-refractivity contribution in [2.24, 2.45) is 5.92 Å². The standard InChI is InChI=1S/C15H26N2/c1-6-13(4)11-17-8-7-15(14(17)5)10-16-9-12(2)3/h7-8,12,16H,4,6,9-11H2,1-3,5H3. The van der Waals surface area contributed by atoms with Gasteiger partial charge in [-0.05, 0) is 37.4 Å². The molecule has 0 unspecified atom stereocenters. The summed E-state index contributed by atoms with van der Waals surface area (Å²) in [5.74, 6) is 0.706. The molecule has 2 heteroatoms. The lowest BCUT2D eigenvalue weighted by molar-refractivity contribution is 0.551. The predicted octanol–water partition coefficient (Wildman–Crippen LogP) is 3.51. The third-order valence-corrected chi connectivity index (χ3v) is 3.11. The zero-order chi connectivity index (χ0) is 12.8. The maximum Gasteiger partial charge on any atom is 0.0429 e. The van der Waals surface area contributed by atoms with E-state index >= 15 is 0 Å². The van der Waals surface area contributed by atoms with E-state index in [0.717, 1.165) is 26.1 Å². The lowest BCUT2D eigenvalue weighted by Crippen LogP contribution is -2.19. The highest BCUT2D eigenvalue weighted by Gasteiger charge is 2.05. The topological polar surface area (TPSA) is 17.0 Å². The van der Waals surface area contributed by atoms with Crippen LogP contribution in [0.5, 0.6) is 0 Å². The number of hydrogen-bond donors (Lipinski definition) is 1. The van der Waals surface area contributed by atoms with Crippen molar-refractivity contribution < 1.29 is 0 Å². The summed E-state index contributed by atoms with van der Waals surface area (Å²) in [4.78, 5) is 0. The number of hydrogen-bond acceptors (Lipinski definition) is 1. The largest absolute Gasteiger partial charge is 0.347 e. The van der Waals surface area contributed by atoms with Gasteiger partial charge in [0.15, 0.2) is 0 Å². The Morgan fingerprint density at radius 2 is 2.18 bits per heavy atom. The first-order valence-electron chi connectivity index (χ1n) is 6.56. The smallest absolute Gasteiger partial charge is 0.0429 e. The predicted molar refractivity (Wildman–Crippen MR) is 75.1 cm³/mol. The summed E-state index contributed by atoms with van der Waals surface area (Å²) in [6, 6.07) is 2.21. The van der Waals surface area contributed by atoms with Crippen molar-refractivity contribution in [1.82, 2.24) is 9.88 Å². The van der Waals surface area contributed by atoms with Crippen LogP contribution in [0.1, 0.15) is 38.4 Å². The van der Waals surface area contributed by atoms with Gasteiger partial charge in [-0.25, -0.2) is 0 Å². The quantitative estimate of drug-likeness (QED) is 0.714. The number of allylic oxidation sites excluding steroid dienone is 1. The Bertz CT molecular complexity index is 361.